The number of ether oxygens (including phenoxy) is 5. The van der Waals surface area contributed by atoms with Crippen molar-refractivity contribution in [2.75, 3.05) is 13.2 Å². The van der Waals surface area contributed by atoms with Crippen LogP contribution in [0.1, 0.15) is 34.6 Å². The van der Waals surface area contributed by atoms with Crippen molar-refractivity contribution in [3.63, 3.8) is 0 Å². The summed E-state index contributed by atoms with van der Waals surface area (Å²) in [5.74, 6) is -0.379. The van der Waals surface area contributed by atoms with E-state index in [1.165, 1.54) is 0 Å². The van der Waals surface area contributed by atoms with Crippen molar-refractivity contribution in [2.24, 2.45) is 5.92 Å². The smallest absolute Gasteiger partial charge is 0.190 e. The lowest BCUT2D eigenvalue weighted by molar-refractivity contribution is -0.250. The van der Waals surface area contributed by atoms with Crippen LogP contribution in [0.5, 0.6) is 0 Å². The molecule has 6 atom stereocenters. The van der Waals surface area contributed by atoms with Gasteiger partial charge >= 0.3 is 0 Å². The number of fused-ring (bicyclic) bond motifs is 1. The van der Waals surface area contributed by atoms with Gasteiger partial charge < -0.3 is 33.9 Å². The lowest BCUT2D eigenvalue weighted by atomic mass is 10.1. The molecular formula is C15H28O7. The highest BCUT2D eigenvalue weighted by Gasteiger charge is 2.57. The third-order valence-electron chi connectivity index (χ3n) is 3.61. The highest BCUT2D eigenvalue weighted by Crippen LogP contribution is 2.40. The zero-order valence-electron chi connectivity index (χ0n) is 13.9. The molecule has 2 heterocycles. The van der Waals surface area contributed by atoms with Crippen molar-refractivity contribution in [3.8, 4) is 0 Å². The van der Waals surface area contributed by atoms with Crippen LogP contribution in [0, 0.1) is 5.92 Å². The average Bonchev–Trinajstić information content (AvgIpc) is 2.89. The molecule has 0 amide bonds. The first-order valence-electron chi connectivity index (χ1n) is 7.80. The van der Waals surface area contributed by atoms with Crippen LogP contribution in [0.2, 0.25) is 0 Å². The quantitative estimate of drug-likeness (QED) is 0.665. The van der Waals surface area contributed by atoms with Gasteiger partial charge in [0, 0.05) is 0 Å². The summed E-state index contributed by atoms with van der Waals surface area (Å²) < 4.78 is 28.6. The molecule has 0 saturated carbocycles. The molecule has 2 aliphatic heterocycles. The Kier molecular flexibility index (Phi) is 5.82. The highest BCUT2D eigenvalue weighted by atomic mass is 16.8. The molecule has 0 aromatic heterocycles. The lowest BCUT2D eigenvalue weighted by Crippen LogP contribution is -2.45. The first kappa shape index (κ1) is 18.1. The van der Waals surface area contributed by atoms with Crippen LogP contribution < -0.4 is 0 Å². The number of hydrogen-bond acceptors (Lipinski definition) is 7. The molecule has 7 heteroatoms. The molecule has 7 nitrogen and oxygen atoms in total. The van der Waals surface area contributed by atoms with E-state index in [9.17, 15) is 10.2 Å². The second-order valence-corrected chi connectivity index (χ2v) is 6.71. The van der Waals surface area contributed by atoms with Gasteiger partial charge in [0.1, 0.15) is 24.4 Å². The van der Waals surface area contributed by atoms with Gasteiger partial charge in [-0.2, -0.15) is 0 Å². The number of aliphatic hydroxyl groups is 2. The average molecular weight is 320 g/mol. The van der Waals surface area contributed by atoms with Gasteiger partial charge in [-0.25, -0.2) is 0 Å². The van der Waals surface area contributed by atoms with E-state index in [0.29, 0.717) is 12.5 Å². The Morgan fingerprint density at radius 1 is 1.18 bits per heavy atom. The van der Waals surface area contributed by atoms with Crippen molar-refractivity contribution in [1.82, 2.24) is 0 Å². The fourth-order valence-electron chi connectivity index (χ4n) is 2.66. The molecule has 0 spiro atoms. The number of aliphatic hydroxyl groups excluding tert-OH is 2. The summed E-state index contributed by atoms with van der Waals surface area (Å²) in [6.45, 7) is 9.63. The van der Waals surface area contributed by atoms with Crippen molar-refractivity contribution in [1.29, 1.82) is 0 Å². The fraction of sp³-hybridized carbons (Fsp3) is 1.00. The molecule has 0 radical (unpaired) electrons. The predicted molar refractivity (Wildman–Crippen MR) is 76.9 cm³/mol. The second-order valence-electron chi connectivity index (χ2n) is 6.71. The maximum absolute atomic E-state index is 9.94. The Hall–Kier alpha value is -0.280. The summed E-state index contributed by atoms with van der Waals surface area (Å²) in [6.07, 6.45) is -3.93. The molecule has 130 valence electrons. The van der Waals surface area contributed by atoms with E-state index in [1.54, 1.807) is 20.8 Å². The Morgan fingerprint density at radius 3 is 2.45 bits per heavy atom. The topological polar surface area (TPSA) is 86.6 Å². The van der Waals surface area contributed by atoms with Gasteiger partial charge in [0.2, 0.25) is 0 Å². The van der Waals surface area contributed by atoms with Crippen molar-refractivity contribution >= 4 is 0 Å². The molecular weight excluding hydrogens is 292 g/mol. The van der Waals surface area contributed by atoms with Crippen molar-refractivity contribution in [3.05, 3.63) is 0 Å². The SMILES string of the molecule is CC(C)COC(C)O[C@@H]1[C@H]2OC(C)(C)O[C@H]2O[C@@H]1C(O)CO. The summed E-state index contributed by atoms with van der Waals surface area (Å²) in [5, 5.41) is 19.1. The molecule has 0 aliphatic carbocycles. The zero-order valence-corrected chi connectivity index (χ0v) is 13.9. The maximum Gasteiger partial charge on any atom is 0.190 e. The van der Waals surface area contributed by atoms with E-state index in [2.05, 4.69) is 13.8 Å². The van der Waals surface area contributed by atoms with E-state index in [1.807, 2.05) is 0 Å². The maximum atomic E-state index is 9.94. The van der Waals surface area contributed by atoms with Gasteiger partial charge in [-0.1, -0.05) is 13.8 Å². The Bertz CT molecular complexity index is 360. The van der Waals surface area contributed by atoms with Gasteiger partial charge in [-0.3, -0.25) is 0 Å². The van der Waals surface area contributed by atoms with Crippen LogP contribution in [0.15, 0.2) is 0 Å². The molecule has 2 rings (SSSR count). The van der Waals surface area contributed by atoms with Crippen LogP contribution >= 0.6 is 0 Å². The first-order chi connectivity index (χ1) is 10.2. The highest BCUT2D eigenvalue weighted by molar-refractivity contribution is 4.96. The summed E-state index contributed by atoms with van der Waals surface area (Å²) in [7, 11) is 0. The Labute approximate surface area is 131 Å². The summed E-state index contributed by atoms with van der Waals surface area (Å²) in [4.78, 5) is 0. The summed E-state index contributed by atoms with van der Waals surface area (Å²) in [6, 6.07) is 0. The Morgan fingerprint density at radius 2 is 1.86 bits per heavy atom. The van der Waals surface area contributed by atoms with Crippen LogP contribution in [-0.4, -0.2) is 66.2 Å². The lowest BCUT2D eigenvalue weighted by Gasteiger charge is -2.30. The van der Waals surface area contributed by atoms with Gasteiger partial charge in [-0.05, 0) is 26.7 Å². The molecule has 2 unspecified atom stereocenters. The van der Waals surface area contributed by atoms with Crippen LogP contribution in [0.4, 0.5) is 0 Å². The minimum absolute atomic E-state index is 0.391. The number of rotatable bonds is 7. The minimum atomic E-state index is -1.07. The summed E-state index contributed by atoms with van der Waals surface area (Å²) in [5.41, 5.74) is 0. The predicted octanol–water partition coefficient (Wildman–Crippen LogP) is 0.620. The molecule has 0 aromatic carbocycles. The van der Waals surface area contributed by atoms with Crippen LogP contribution in [-0.2, 0) is 23.7 Å². The molecule has 2 N–H and O–H groups in total. The molecule has 2 fully saturated rings. The third-order valence-corrected chi connectivity index (χ3v) is 3.61. The van der Waals surface area contributed by atoms with E-state index >= 15 is 0 Å². The van der Waals surface area contributed by atoms with Crippen molar-refractivity contribution < 1.29 is 33.9 Å². The second kappa shape index (κ2) is 7.09. The van der Waals surface area contributed by atoms with Gasteiger partial charge in [0.25, 0.3) is 0 Å². The summed E-state index contributed by atoms with van der Waals surface area (Å²) >= 11 is 0. The van der Waals surface area contributed by atoms with E-state index in [4.69, 9.17) is 23.7 Å². The van der Waals surface area contributed by atoms with Gasteiger partial charge in [0.15, 0.2) is 18.4 Å². The number of hydrogen-bond donors (Lipinski definition) is 2. The molecule has 2 saturated heterocycles. The molecule has 2 aliphatic rings. The standard InChI is InChI=1S/C15H28O7/c1-8(2)7-18-9(3)19-12-11(10(17)6-16)20-14-13(12)21-15(4,5)22-14/h8-14,16-17H,6-7H2,1-5H3/t9?,10?,11-,12+,13-,14-/m1/s1. The van der Waals surface area contributed by atoms with E-state index in [0.717, 1.165) is 0 Å². The van der Waals surface area contributed by atoms with Crippen molar-refractivity contribution in [2.45, 2.75) is 77.4 Å². The van der Waals surface area contributed by atoms with Crippen LogP contribution in [0.3, 0.4) is 0 Å². The third kappa shape index (κ3) is 4.17. The Balaban J connectivity index is 2.02. The van der Waals surface area contributed by atoms with E-state index < -0.39 is 49.4 Å². The molecule has 22 heavy (non-hydrogen) atoms. The largest absolute Gasteiger partial charge is 0.394 e. The first-order valence-corrected chi connectivity index (χ1v) is 7.80. The monoisotopic (exact) mass is 320 g/mol. The normalized spacial score (nSPS) is 36.5. The fourth-order valence-corrected chi connectivity index (χ4v) is 2.66. The zero-order chi connectivity index (χ0) is 16.5. The van der Waals surface area contributed by atoms with Gasteiger partial charge in [0.05, 0.1) is 13.2 Å². The van der Waals surface area contributed by atoms with Gasteiger partial charge in [-0.15, -0.1) is 0 Å². The van der Waals surface area contributed by atoms with Crippen LogP contribution in [0.25, 0.3) is 0 Å². The molecule has 0 bridgehead atoms. The van der Waals surface area contributed by atoms with E-state index in [-0.39, 0.29) is 0 Å². The minimum Gasteiger partial charge on any atom is -0.394 e. The molecule has 0 aromatic rings.